The van der Waals surface area contributed by atoms with Crippen molar-refractivity contribution in [2.45, 2.75) is 13.0 Å². The van der Waals surface area contributed by atoms with E-state index in [4.69, 9.17) is 17.3 Å². The van der Waals surface area contributed by atoms with Crippen LogP contribution in [0.15, 0.2) is 36.4 Å². The molecule has 0 saturated heterocycles. The van der Waals surface area contributed by atoms with Crippen molar-refractivity contribution in [1.29, 1.82) is 0 Å². The van der Waals surface area contributed by atoms with Crippen LogP contribution in [-0.4, -0.2) is 24.4 Å². The average molecular weight is 324 g/mol. The van der Waals surface area contributed by atoms with Gasteiger partial charge in [0.15, 0.2) is 0 Å². The van der Waals surface area contributed by atoms with Crippen LogP contribution in [0.1, 0.15) is 11.3 Å². The highest BCUT2D eigenvalue weighted by Gasteiger charge is 2.08. The van der Waals surface area contributed by atoms with Gasteiger partial charge in [-0.15, -0.1) is 11.3 Å². The molecule has 3 N–H and O–H groups in total. The highest BCUT2D eigenvalue weighted by atomic mass is 35.5. The van der Waals surface area contributed by atoms with Crippen LogP contribution < -0.4 is 11.1 Å². The second-order valence-electron chi connectivity index (χ2n) is 4.83. The van der Waals surface area contributed by atoms with E-state index >= 15 is 0 Å². The first-order chi connectivity index (χ1) is 10.0. The Morgan fingerprint density at radius 3 is 2.76 bits per heavy atom. The molecule has 112 valence electrons. The number of nitrogens with one attached hydrogen (secondary N) is 1. The van der Waals surface area contributed by atoms with E-state index < -0.39 is 0 Å². The Morgan fingerprint density at radius 2 is 2.10 bits per heavy atom. The maximum atomic E-state index is 11.9. The number of carbonyl (C=O) groups excluding carboxylic acids is 1. The number of benzene rings is 1. The summed E-state index contributed by atoms with van der Waals surface area (Å²) in [4.78, 5) is 15.2. The van der Waals surface area contributed by atoms with Gasteiger partial charge in [-0.2, -0.15) is 0 Å². The van der Waals surface area contributed by atoms with Gasteiger partial charge in [-0.1, -0.05) is 23.7 Å². The van der Waals surface area contributed by atoms with Crippen LogP contribution in [0.25, 0.3) is 0 Å². The quantitative estimate of drug-likeness (QED) is 0.801. The van der Waals surface area contributed by atoms with Gasteiger partial charge in [0, 0.05) is 24.4 Å². The predicted octanol–water partition coefficient (Wildman–Crippen LogP) is 3.44. The highest BCUT2D eigenvalue weighted by Crippen LogP contribution is 2.22. The number of hydrogen-bond acceptors (Lipinski definition) is 4. The van der Waals surface area contributed by atoms with Crippen LogP contribution in [0.2, 0.25) is 4.34 Å². The Hall–Kier alpha value is -1.56. The van der Waals surface area contributed by atoms with Gasteiger partial charge in [-0.05, 0) is 31.3 Å². The van der Waals surface area contributed by atoms with Crippen molar-refractivity contribution in [1.82, 2.24) is 4.90 Å². The maximum absolute atomic E-state index is 11.9. The molecule has 0 fully saturated rings. The third-order valence-corrected chi connectivity index (χ3v) is 4.23. The number of hydrogen-bond donors (Lipinski definition) is 2. The van der Waals surface area contributed by atoms with Gasteiger partial charge in [0.25, 0.3) is 0 Å². The minimum atomic E-state index is -0.0380. The van der Waals surface area contributed by atoms with Crippen molar-refractivity contribution in [3.05, 3.63) is 45.6 Å². The van der Waals surface area contributed by atoms with E-state index in [-0.39, 0.29) is 5.91 Å². The van der Waals surface area contributed by atoms with Crippen molar-refractivity contribution >= 4 is 40.2 Å². The Morgan fingerprint density at radius 1 is 1.33 bits per heavy atom. The molecule has 0 aliphatic rings. The molecule has 0 bridgehead atoms. The fourth-order valence-corrected chi connectivity index (χ4v) is 3.07. The normalized spacial score (nSPS) is 10.8. The highest BCUT2D eigenvalue weighted by molar-refractivity contribution is 7.16. The van der Waals surface area contributed by atoms with E-state index in [1.807, 2.05) is 31.3 Å². The Kier molecular flexibility index (Phi) is 5.61. The average Bonchev–Trinajstić information content (AvgIpc) is 2.84. The lowest BCUT2D eigenvalue weighted by molar-refractivity contribution is -0.116. The molecule has 0 unspecified atom stereocenters. The zero-order chi connectivity index (χ0) is 15.2. The lowest BCUT2D eigenvalue weighted by Gasteiger charge is -2.15. The van der Waals surface area contributed by atoms with Crippen LogP contribution in [0.3, 0.4) is 0 Å². The smallest absolute Gasteiger partial charge is 0.225 e. The summed E-state index contributed by atoms with van der Waals surface area (Å²) in [6.07, 6.45) is 0.421. The third kappa shape index (κ3) is 5.04. The molecule has 0 aliphatic heterocycles. The molecule has 0 atom stereocenters. The van der Waals surface area contributed by atoms with Crippen LogP contribution in [0, 0.1) is 0 Å². The second-order valence-corrected chi connectivity index (χ2v) is 6.63. The third-order valence-electron chi connectivity index (χ3n) is 3.01. The number of carbonyl (C=O) groups is 1. The molecule has 1 heterocycles. The summed E-state index contributed by atoms with van der Waals surface area (Å²) in [5, 5.41) is 2.82. The van der Waals surface area contributed by atoms with Gasteiger partial charge in [0.2, 0.25) is 5.91 Å². The van der Waals surface area contributed by atoms with E-state index in [1.165, 1.54) is 4.88 Å². The zero-order valence-electron chi connectivity index (χ0n) is 11.8. The summed E-state index contributed by atoms with van der Waals surface area (Å²) in [6.45, 7) is 1.46. The molecule has 0 spiro atoms. The molecule has 1 aromatic carbocycles. The number of nitrogen functional groups attached to an aromatic ring is 1. The number of nitrogens with two attached hydrogens (primary N) is 1. The van der Waals surface area contributed by atoms with Crippen molar-refractivity contribution in [2.75, 3.05) is 24.6 Å². The molecule has 1 aromatic heterocycles. The van der Waals surface area contributed by atoms with Gasteiger partial charge in [-0.3, -0.25) is 4.79 Å². The number of anilines is 2. The molecular formula is C15H18ClN3OS. The second kappa shape index (κ2) is 7.45. The van der Waals surface area contributed by atoms with Crippen molar-refractivity contribution in [3.8, 4) is 0 Å². The molecule has 0 radical (unpaired) electrons. The summed E-state index contributed by atoms with van der Waals surface area (Å²) in [6, 6.07) is 11.1. The Balaban J connectivity index is 1.77. The molecule has 2 aromatic rings. The van der Waals surface area contributed by atoms with E-state index in [2.05, 4.69) is 10.2 Å². The number of para-hydroxylation sites is 2. The first-order valence-corrected chi connectivity index (χ1v) is 7.81. The number of nitrogens with zero attached hydrogens (tertiary/aromatic N) is 1. The van der Waals surface area contributed by atoms with Crippen LogP contribution in [-0.2, 0) is 11.3 Å². The minimum Gasteiger partial charge on any atom is -0.397 e. The molecular weight excluding hydrogens is 306 g/mol. The summed E-state index contributed by atoms with van der Waals surface area (Å²) in [7, 11) is 1.98. The molecule has 21 heavy (non-hydrogen) atoms. The van der Waals surface area contributed by atoms with E-state index in [0.717, 1.165) is 10.9 Å². The molecule has 1 amide bonds. The summed E-state index contributed by atoms with van der Waals surface area (Å²) in [5.41, 5.74) is 7.03. The van der Waals surface area contributed by atoms with Crippen LogP contribution in [0.4, 0.5) is 11.4 Å². The number of amides is 1. The Bertz CT molecular complexity index is 614. The molecule has 0 aliphatic carbocycles. The number of rotatable bonds is 6. The summed E-state index contributed by atoms with van der Waals surface area (Å²) in [5.74, 6) is -0.0380. The van der Waals surface area contributed by atoms with Crippen LogP contribution >= 0.6 is 22.9 Å². The zero-order valence-corrected chi connectivity index (χ0v) is 13.4. The SMILES string of the molecule is CN(CCC(=O)Nc1ccccc1N)Cc1ccc(Cl)s1. The monoisotopic (exact) mass is 323 g/mol. The van der Waals surface area contributed by atoms with E-state index in [1.54, 1.807) is 23.5 Å². The first kappa shape index (κ1) is 15.8. The van der Waals surface area contributed by atoms with Crippen molar-refractivity contribution < 1.29 is 4.79 Å². The maximum Gasteiger partial charge on any atom is 0.225 e. The van der Waals surface area contributed by atoms with Crippen molar-refractivity contribution in [3.63, 3.8) is 0 Å². The molecule has 0 saturated carbocycles. The number of halogens is 1. The van der Waals surface area contributed by atoms with Gasteiger partial charge >= 0.3 is 0 Å². The van der Waals surface area contributed by atoms with Gasteiger partial charge in [-0.25, -0.2) is 0 Å². The van der Waals surface area contributed by atoms with Gasteiger partial charge in [0.1, 0.15) is 0 Å². The van der Waals surface area contributed by atoms with Gasteiger partial charge in [0.05, 0.1) is 15.7 Å². The van der Waals surface area contributed by atoms with Gasteiger partial charge < -0.3 is 16.0 Å². The minimum absolute atomic E-state index is 0.0380. The Labute approximate surface area is 133 Å². The summed E-state index contributed by atoms with van der Waals surface area (Å²) < 4.78 is 0.788. The first-order valence-electron chi connectivity index (χ1n) is 6.61. The summed E-state index contributed by atoms with van der Waals surface area (Å²) >= 11 is 7.46. The molecule has 4 nitrogen and oxygen atoms in total. The van der Waals surface area contributed by atoms with Crippen molar-refractivity contribution in [2.24, 2.45) is 0 Å². The largest absolute Gasteiger partial charge is 0.397 e. The topological polar surface area (TPSA) is 58.4 Å². The van der Waals surface area contributed by atoms with E-state index in [9.17, 15) is 4.79 Å². The predicted molar refractivity (Wildman–Crippen MR) is 89.8 cm³/mol. The van der Waals surface area contributed by atoms with Crippen LogP contribution in [0.5, 0.6) is 0 Å². The fraction of sp³-hybridized carbons (Fsp3) is 0.267. The standard InChI is InChI=1S/C15H18ClN3OS/c1-19(10-11-6-7-14(16)21-11)9-8-15(20)18-13-5-3-2-4-12(13)17/h2-7H,8-10,17H2,1H3,(H,18,20). The van der Waals surface area contributed by atoms with E-state index in [0.29, 0.717) is 24.3 Å². The molecule has 6 heteroatoms. The lowest BCUT2D eigenvalue weighted by Crippen LogP contribution is -2.23. The molecule has 2 rings (SSSR count). The fourth-order valence-electron chi connectivity index (χ4n) is 1.90. The lowest BCUT2D eigenvalue weighted by atomic mass is 10.2. The number of thiophene rings is 1.